The first-order valence-electron chi connectivity index (χ1n) is 7.33. The second kappa shape index (κ2) is 9.47. The highest BCUT2D eigenvalue weighted by Crippen LogP contribution is 2.23. The molecule has 9 nitrogen and oxygen atoms in total. The van der Waals surface area contributed by atoms with Crippen LogP contribution < -0.4 is 5.73 Å². The maximum absolute atomic E-state index is 11.4. The number of hydrogen-bond acceptors (Lipinski definition) is 7. The number of aliphatic hydroxyl groups is 2. The van der Waals surface area contributed by atoms with Crippen LogP contribution in [0, 0.1) is 0 Å². The third-order valence-corrected chi connectivity index (χ3v) is 3.42. The van der Waals surface area contributed by atoms with Crippen LogP contribution in [0.1, 0.15) is 11.6 Å². The van der Waals surface area contributed by atoms with Crippen LogP contribution in [0.2, 0.25) is 0 Å². The van der Waals surface area contributed by atoms with Crippen molar-refractivity contribution < 1.29 is 39.5 Å². The summed E-state index contributed by atoms with van der Waals surface area (Å²) >= 11 is 0. The van der Waals surface area contributed by atoms with Crippen molar-refractivity contribution >= 4 is 28.7 Å². The van der Waals surface area contributed by atoms with Gasteiger partial charge in [0.25, 0.3) is 0 Å². The highest BCUT2D eigenvalue weighted by Gasteiger charge is 2.29. The molecule has 0 saturated heterocycles. The van der Waals surface area contributed by atoms with Gasteiger partial charge in [0.05, 0.1) is 7.11 Å². The molecule has 0 aliphatic rings. The molecule has 0 aliphatic heterocycles. The normalized spacial score (nSPS) is 13.7. The van der Waals surface area contributed by atoms with E-state index in [0.717, 1.165) is 16.3 Å². The molecular weight excluding hydrogens is 346 g/mol. The molecule has 0 aliphatic carbocycles. The number of aliphatic carboxylic acids is 2. The maximum atomic E-state index is 11.4. The number of ether oxygens (including phenoxy) is 1. The van der Waals surface area contributed by atoms with E-state index in [1.807, 2.05) is 42.5 Å². The number of methoxy groups -OCH3 is 1. The summed E-state index contributed by atoms with van der Waals surface area (Å²) in [6.07, 6.45) is -4.53. The number of carboxylic acid groups (broad SMARTS) is 2. The minimum absolute atomic E-state index is 0.420. The highest BCUT2D eigenvalue weighted by molar-refractivity contribution is 5.90. The second-order valence-electron chi connectivity index (χ2n) is 5.14. The minimum Gasteiger partial charge on any atom is -0.479 e. The van der Waals surface area contributed by atoms with E-state index in [1.54, 1.807) is 0 Å². The van der Waals surface area contributed by atoms with E-state index in [0.29, 0.717) is 0 Å². The zero-order valence-electron chi connectivity index (χ0n) is 13.8. The number of carboxylic acids is 2. The van der Waals surface area contributed by atoms with E-state index >= 15 is 0 Å². The lowest BCUT2D eigenvalue weighted by Gasteiger charge is -2.12. The SMILES string of the molecule is COC(=O)C(N)c1cccc2ccccc12.O=C(O)[C@@H](O)[C@H](O)C(=O)O. The van der Waals surface area contributed by atoms with Crippen LogP contribution in [0.3, 0.4) is 0 Å². The summed E-state index contributed by atoms with van der Waals surface area (Å²) in [6, 6.07) is 12.8. The number of fused-ring (bicyclic) bond motifs is 1. The van der Waals surface area contributed by atoms with Crippen molar-refractivity contribution in [2.75, 3.05) is 7.11 Å². The molecule has 26 heavy (non-hydrogen) atoms. The van der Waals surface area contributed by atoms with Crippen molar-refractivity contribution in [2.45, 2.75) is 18.2 Å². The van der Waals surface area contributed by atoms with Gasteiger partial charge in [-0.1, -0.05) is 42.5 Å². The quantitative estimate of drug-likeness (QED) is 0.454. The van der Waals surface area contributed by atoms with Crippen molar-refractivity contribution in [1.82, 2.24) is 0 Å². The predicted octanol–water partition coefficient (Wildman–Crippen LogP) is -0.110. The maximum Gasteiger partial charge on any atom is 0.335 e. The summed E-state index contributed by atoms with van der Waals surface area (Å²) in [5.41, 5.74) is 6.64. The summed E-state index contributed by atoms with van der Waals surface area (Å²) in [5, 5.41) is 34.6. The molecule has 6 N–H and O–H groups in total. The average Bonchev–Trinajstić information content (AvgIpc) is 2.65. The monoisotopic (exact) mass is 365 g/mol. The van der Waals surface area contributed by atoms with Crippen LogP contribution >= 0.6 is 0 Å². The Balaban J connectivity index is 0.000000294. The van der Waals surface area contributed by atoms with E-state index in [9.17, 15) is 14.4 Å². The van der Waals surface area contributed by atoms with Crippen LogP contribution in [-0.2, 0) is 19.1 Å². The largest absolute Gasteiger partial charge is 0.479 e. The summed E-state index contributed by atoms with van der Waals surface area (Å²) in [5.74, 6) is -3.96. The Morgan fingerprint density at radius 3 is 1.92 bits per heavy atom. The first-order valence-corrected chi connectivity index (χ1v) is 7.33. The first-order chi connectivity index (χ1) is 12.2. The minimum atomic E-state index is -2.27. The molecule has 2 rings (SSSR count). The Hall–Kier alpha value is -3.01. The van der Waals surface area contributed by atoms with Gasteiger partial charge in [-0.3, -0.25) is 4.79 Å². The zero-order chi connectivity index (χ0) is 19.9. The van der Waals surface area contributed by atoms with E-state index in [-0.39, 0.29) is 0 Å². The lowest BCUT2D eigenvalue weighted by molar-refractivity contribution is -0.165. The number of benzene rings is 2. The summed E-state index contributed by atoms with van der Waals surface area (Å²) in [4.78, 5) is 31.0. The fraction of sp³-hybridized carbons (Fsp3) is 0.235. The lowest BCUT2D eigenvalue weighted by atomic mass is 9.99. The summed E-state index contributed by atoms with van der Waals surface area (Å²) in [7, 11) is 1.34. The topological polar surface area (TPSA) is 167 Å². The number of hydrogen-bond donors (Lipinski definition) is 5. The van der Waals surface area contributed by atoms with Crippen molar-refractivity contribution in [1.29, 1.82) is 0 Å². The van der Waals surface area contributed by atoms with Crippen molar-refractivity contribution in [3.05, 3.63) is 48.0 Å². The third-order valence-electron chi connectivity index (χ3n) is 3.42. The molecule has 0 bridgehead atoms. The smallest absolute Gasteiger partial charge is 0.335 e. The van der Waals surface area contributed by atoms with Gasteiger partial charge >= 0.3 is 17.9 Å². The zero-order valence-corrected chi connectivity index (χ0v) is 13.8. The molecule has 0 radical (unpaired) electrons. The first kappa shape index (κ1) is 21.0. The fourth-order valence-corrected chi connectivity index (χ4v) is 2.05. The molecule has 0 spiro atoms. The van der Waals surface area contributed by atoms with Crippen molar-refractivity contribution in [3.8, 4) is 0 Å². The van der Waals surface area contributed by atoms with Crippen LogP contribution in [-0.4, -0.2) is 57.7 Å². The molecule has 0 aromatic heterocycles. The molecule has 0 amide bonds. The fourth-order valence-electron chi connectivity index (χ4n) is 2.05. The Labute approximate surface area is 148 Å². The van der Waals surface area contributed by atoms with Gasteiger partial charge in [0.1, 0.15) is 6.04 Å². The molecule has 1 unspecified atom stereocenters. The van der Waals surface area contributed by atoms with E-state index in [2.05, 4.69) is 4.74 Å². The second-order valence-corrected chi connectivity index (χ2v) is 5.14. The van der Waals surface area contributed by atoms with Gasteiger partial charge in [0.15, 0.2) is 12.2 Å². The molecular formula is C17H19NO8. The number of carbonyl (C=O) groups excluding carboxylic acids is 1. The van der Waals surface area contributed by atoms with Gasteiger partial charge in [-0.05, 0) is 16.3 Å². The van der Waals surface area contributed by atoms with Gasteiger partial charge in [0.2, 0.25) is 0 Å². The van der Waals surface area contributed by atoms with Gasteiger partial charge in [-0.25, -0.2) is 9.59 Å². The van der Waals surface area contributed by atoms with Gasteiger partial charge in [-0.2, -0.15) is 0 Å². The van der Waals surface area contributed by atoms with Crippen LogP contribution in [0.15, 0.2) is 42.5 Å². The van der Waals surface area contributed by atoms with Gasteiger partial charge in [-0.15, -0.1) is 0 Å². The Kier molecular flexibility index (Phi) is 7.66. The van der Waals surface area contributed by atoms with Crippen molar-refractivity contribution in [3.63, 3.8) is 0 Å². The van der Waals surface area contributed by atoms with Crippen LogP contribution in [0.5, 0.6) is 0 Å². The van der Waals surface area contributed by atoms with Gasteiger partial charge in [0, 0.05) is 0 Å². The number of rotatable bonds is 5. The van der Waals surface area contributed by atoms with E-state index in [1.165, 1.54) is 7.11 Å². The Morgan fingerprint density at radius 2 is 1.42 bits per heavy atom. The van der Waals surface area contributed by atoms with Crippen LogP contribution in [0.25, 0.3) is 10.8 Å². The number of carbonyl (C=O) groups is 3. The summed E-state index contributed by atoms with van der Waals surface area (Å²) < 4.78 is 4.65. The number of esters is 1. The highest BCUT2D eigenvalue weighted by atomic mass is 16.5. The standard InChI is InChI=1S/C13H13NO2.C4H6O6/c1-16-13(15)12(14)11-8-4-6-9-5-2-3-7-10(9)11;5-1(3(7)8)2(6)4(9)10/h2-8,12H,14H2,1H3;1-2,5-6H,(H,7,8)(H,9,10)/t;1-,2-/m.0/s1. The Morgan fingerprint density at radius 1 is 0.923 bits per heavy atom. The molecule has 140 valence electrons. The molecule has 0 fully saturated rings. The number of nitrogens with two attached hydrogens (primary N) is 1. The van der Waals surface area contributed by atoms with Gasteiger partial charge < -0.3 is 30.9 Å². The molecule has 9 heteroatoms. The van der Waals surface area contributed by atoms with Crippen molar-refractivity contribution in [2.24, 2.45) is 5.73 Å². The average molecular weight is 365 g/mol. The van der Waals surface area contributed by atoms with Crippen LogP contribution in [0.4, 0.5) is 0 Å². The molecule has 3 atom stereocenters. The molecule has 2 aromatic rings. The molecule has 0 saturated carbocycles. The molecule has 2 aromatic carbocycles. The third kappa shape index (κ3) is 5.24. The predicted molar refractivity (Wildman–Crippen MR) is 90.2 cm³/mol. The Bertz CT molecular complexity index is 768. The van der Waals surface area contributed by atoms with E-state index in [4.69, 9.17) is 26.2 Å². The van der Waals surface area contributed by atoms with E-state index < -0.39 is 36.2 Å². The number of aliphatic hydroxyl groups excluding tert-OH is 2. The lowest BCUT2D eigenvalue weighted by Crippen LogP contribution is -2.39. The summed E-state index contributed by atoms with van der Waals surface area (Å²) in [6.45, 7) is 0. The molecule has 0 heterocycles.